The molecule has 0 atom stereocenters. The standard InChI is InChI=1S/C15H22BFN2O2/c1-14(2)15(3,4)21-16(20-14)12(10-18-5)8-11-6-7-13(17)19-9-11/h6-9,18H,10H2,1-5H3. The summed E-state index contributed by atoms with van der Waals surface area (Å²) in [4.78, 5) is 3.66. The quantitative estimate of drug-likeness (QED) is 0.684. The molecule has 1 N–H and O–H groups in total. The van der Waals surface area contributed by atoms with Gasteiger partial charge in [0.05, 0.1) is 11.2 Å². The number of halogens is 1. The first-order valence-electron chi connectivity index (χ1n) is 7.07. The Morgan fingerprint density at radius 3 is 2.38 bits per heavy atom. The van der Waals surface area contributed by atoms with Crippen molar-refractivity contribution in [3.8, 4) is 0 Å². The van der Waals surface area contributed by atoms with Crippen molar-refractivity contribution >= 4 is 13.2 Å². The van der Waals surface area contributed by atoms with E-state index in [2.05, 4.69) is 10.3 Å². The number of aromatic nitrogens is 1. The lowest BCUT2D eigenvalue weighted by Gasteiger charge is -2.32. The van der Waals surface area contributed by atoms with Crippen LogP contribution in [0.1, 0.15) is 33.3 Å². The summed E-state index contributed by atoms with van der Waals surface area (Å²) in [6.07, 6.45) is 3.42. The molecule has 0 spiro atoms. The molecule has 1 saturated heterocycles. The lowest BCUT2D eigenvalue weighted by Crippen LogP contribution is -2.41. The zero-order valence-corrected chi connectivity index (χ0v) is 13.2. The number of hydrogen-bond donors (Lipinski definition) is 1. The fourth-order valence-electron chi connectivity index (χ4n) is 2.09. The summed E-state index contributed by atoms with van der Waals surface area (Å²) in [5.41, 5.74) is 0.998. The zero-order valence-electron chi connectivity index (χ0n) is 13.2. The van der Waals surface area contributed by atoms with E-state index >= 15 is 0 Å². The minimum absolute atomic E-state index is 0.383. The molecular weight excluding hydrogens is 270 g/mol. The van der Waals surface area contributed by atoms with Crippen molar-refractivity contribution in [1.29, 1.82) is 0 Å². The van der Waals surface area contributed by atoms with Crippen LogP contribution in [0.15, 0.2) is 23.8 Å². The number of pyridine rings is 1. The van der Waals surface area contributed by atoms with Crippen LogP contribution in [-0.2, 0) is 9.31 Å². The van der Waals surface area contributed by atoms with E-state index in [1.807, 2.05) is 40.8 Å². The van der Waals surface area contributed by atoms with Crippen molar-refractivity contribution in [2.75, 3.05) is 13.6 Å². The van der Waals surface area contributed by atoms with Crippen LogP contribution in [0.2, 0.25) is 0 Å². The Morgan fingerprint density at radius 1 is 1.29 bits per heavy atom. The van der Waals surface area contributed by atoms with Gasteiger partial charge in [-0.2, -0.15) is 4.39 Å². The van der Waals surface area contributed by atoms with Crippen molar-refractivity contribution in [2.24, 2.45) is 0 Å². The number of rotatable bonds is 4. The molecule has 0 saturated carbocycles. The molecule has 0 bridgehead atoms. The predicted octanol–water partition coefficient (Wildman–Crippen LogP) is 2.45. The van der Waals surface area contributed by atoms with Gasteiger partial charge in [0.25, 0.3) is 0 Å². The first-order chi connectivity index (χ1) is 9.75. The van der Waals surface area contributed by atoms with Gasteiger partial charge in [0.2, 0.25) is 5.95 Å². The Balaban J connectivity index is 2.26. The average Bonchev–Trinajstić information content (AvgIpc) is 2.60. The summed E-state index contributed by atoms with van der Waals surface area (Å²) >= 11 is 0. The third-order valence-corrected chi connectivity index (χ3v) is 4.04. The minimum atomic E-state index is -0.488. The van der Waals surface area contributed by atoms with Gasteiger partial charge in [-0.25, -0.2) is 4.98 Å². The van der Waals surface area contributed by atoms with Gasteiger partial charge < -0.3 is 14.6 Å². The highest BCUT2D eigenvalue weighted by Gasteiger charge is 2.52. The first kappa shape index (κ1) is 16.1. The van der Waals surface area contributed by atoms with Crippen LogP contribution >= 0.6 is 0 Å². The van der Waals surface area contributed by atoms with Crippen molar-refractivity contribution in [1.82, 2.24) is 10.3 Å². The van der Waals surface area contributed by atoms with Crippen LogP contribution in [0.5, 0.6) is 0 Å². The Bertz CT molecular complexity index is 513. The van der Waals surface area contributed by atoms with E-state index in [0.717, 1.165) is 11.0 Å². The zero-order chi connectivity index (χ0) is 15.7. The highest BCUT2D eigenvalue weighted by molar-refractivity contribution is 6.55. The molecule has 1 aromatic rings. The summed E-state index contributed by atoms with van der Waals surface area (Å²) in [5.74, 6) is -0.488. The monoisotopic (exact) mass is 292 g/mol. The number of nitrogens with zero attached hydrogens (tertiary/aromatic N) is 1. The highest BCUT2D eigenvalue weighted by atomic mass is 19.1. The van der Waals surface area contributed by atoms with E-state index in [4.69, 9.17) is 9.31 Å². The Labute approximate surface area is 125 Å². The molecule has 114 valence electrons. The number of hydrogen-bond acceptors (Lipinski definition) is 4. The van der Waals surface area contributed by atoms with Gasteiger partial charge in [0.1, 0.15) is 0 Å². The molecule has 6 heteroatoms. The summed E-state index contributed by atoms with van der Waals surface area (Å²) in [5, 5.41) is 3.11. The highest BCUT2D eigenvalue weighted by Crippen LogP contribution is 2.38. The topological polar surface area (TPSA) is 43.4 Å². The molecule has 2 heterocycles. The third-order valence-electron chi connectivity index (χ3n) is 4.04. The van der Waals surface area contributed by atoms with Crippen LogP contribution < -0.4 is 5.32 Å². The second-order valence-corrected chi connectivity index (χ2v) is 6.25. The predicted molar refractivity (Wildman–Crippen MR) is 82.2 cm³/mol. The second kappa shape index (κ2) is 5.87. The largest absolute Gasteiger partial charge is 0.491 e. The average molecular weight is 292 g/mol. The summed E-state index contributed by atoms with van der Waals surface area (Å²) < 4.78 is 25.0. The third kappa shape index (κ3) is 3.51. The maximum Gasteiger partial charge on any atom is 0.491 e. The molecule has 0 unspecified atom stereocenters. The maximum absolute atomic E-state index is 12.9. The number of likely N-dealkylation sites (N-methyl/N-ethyl adjacent to an activating group) is 1. The van der Waals surface area contributed by atoms with Gasteiger partial charge in [-0.3, -0.25) is 0 Å². The Kier molecular flexibility index (Phi) is 4.51. The van der Waals surface area contributed by atoms with Crippen LogP contribution in [0.25, 0.3) is 6.08 Å². The minimum Gasteiger partial charge on any atom is -0.400 e. The van der Waals surface area contributed by atoms with Crippen molar-refractivity contribution < 1.29 is 13.7 Å². The lowest BCUT2D eigenvalue weighted by molar-refractivity contribution is 0.00578. The van der Waals surface area contributed by atoms with Gasteiger partial charge in [-0.15, -0.1) is 0 Å². The maximum atomic E-state index is 12.9. The molecule has 1 aromatic heterocycles. The van der Waals surface area contributed by atoms with Gasteiger partial charge in [-0.1, -0.05) is 6.08 Å². The molecular formula is C15H22BFN2O2. The van der Waals surface area contributed by atoms with E-state index in [9.17, 15) is 4.39 Å². The smallest absolute Gasteiger partial charge is 0.400 e. The van der Waals surface area contributed by atoms with E-state index < -0.39 is 13.1 Å². The van der Waals surface area contributed by atoms with E-state index in [0.29, 0.717) is 6.54 Å². The molecule has 1 aliphatic heterocycles. The van der Waals surface area contributed by atoms with Gasteiger partial charge in [0.15, 0.2) is 0 Å². The molecule has 2 rings (SSSR count). The fourth-order valence-corrected chi connectivity index (χ4v) is 2.09. The van der Waals surface area contributed by atoms with E-state index in [-0.39, 0.29) is 11.2 Å². The molecule has 0 amide bonds. The molecule has 0 aromatic carbocycles. The SMILES string of the molecule is CNCC(=Cc1ccc(F)nc1)B1OC(C)(C)C(C)(C)O1. The molecule has 1 aliphatic rings. The lowest BCUT2D eigenvalue weighted by atomic mass is 9.77. The molecule has 0 aliphatic carbocycles. The van der Waals surface area contributed by atoms with Gasteiger partial charge in [-0.05, 0) is 57.9 Å². The van der Waals surface area contributed by atoms with Crippen molar-refractivity contribution in [2.45, 2.75) is 38.9 Å². The van der Waals surface area contributed by atoms with Crippen molar-refractivity contribution in [3.63, 3.8) is 0 Å². The molecule has 1 fully saturated rings. The summed E-state index contributed by atoms with van der Waals surface area (Å²) in [7, 11) is 1.44. The van der Waals surface area contributed by atoms with E-state index in [1.54, 1.807) is 6.07 Å². The summed E-state index contributed by atoms with van der Waals surface area (Å²) in [6, 6.07) is 3.02. The fraction of sp³-hybridized carbons (Fsp3) is 0.533. The van der Waals surface area contributed by atoms with Crippen LogP contribution in [0.3, 0.4) is 0 Å². The molecule has 4 nitrogen and oxygen atoms in total. The van der Waals surface area contributed by atoms with E-state index in [1.165, 1.54) is 12.3 Å². The van der Waals surface area contributed by atoms with Crippen molar-refractivity contribution in [3.05, 3.63) is 35.3 Å². The molecule has 21 heavy (non-hydrogen) atoms. The van der Waals surface area contributed by atoms with Crippen LogP contribution in [-0.4, -0.2) is 36.9 Å². The first-order valence-corrected chi connectivity index (χ1v) is 7.07. The van der Waals surface area contributed by atoms with Crippen LogP contribution in [0, 0.1) is 5.95 Å². The number of nitrogens with one attached hydrogen (secondary N) is 1. The van der Waals surface area contributed by atoms with Gasteiger partial charge in [0, 0.05) is 12.7 Å². The summed E-state index contributed by atoms with van der Waals surface area (Å²) in [6.45, 7) is 8.69. The Hall–Kier alpha value is -1.24. The normalized spacial score (nSPS) is 20.9. The van der Waals surface area contributed by atoms with Crippen LogP contribution in [0.4, 0.5) is 4.39 Å². The Morgan fingerprint density at radius 2 is 1.90 bits per heavy atom. The van der Waals surface area contributed by atoms with Gasteiger partial charge >= 0.3 is 7.12 Å². The second-order valence-electron chi connectivity index (χ2n) is 6.25. The molecule has 0 radical (unpaired) electrons.